The zero-order chi connectivity index (χ0) is 16.5. The molecule has 0 spiro atoms. The summed E-state index contributed by atoms with van der Waals surface area (Å²) < 4.78 is 6.22. The summed E-state index contributed by atoms with van der Waals surface area (Å²) in [5, 5.41) is 1.79. The Morgan fingerprint density at radius 3 is 2.50 bits per heavy atom. The standard InChI is InChI=1S/C16H16ClN5OS/c1-23-12-9-18-15(19-10-12)21-4-6-22(7-5-21)16-20-13-3-2-11(17)8-14(13)24-16/h2-3,8-10H,4-7H2,1H3. The van der Waals surface area contributed by atoms with E-state index >= 15 is 0 Å². The summed E-state index contributed by atoms with van der Waals surface area (Å²) in [5.74, 6) is 1.41. The first kappa shape index (κ1) is 15.4. The van der Waals surface area contributed by atoms with Crippen molar-refractivity contribution in [3.8, 4) is 5.75 Å². The summed E-state index contributed by atoms with van der Waals surface area (Å²) in [4.78, 5) is 17.9. The lowest BCUT2D eigenvalue weighted by molar-refractivity contribution is 0.410. The number of aromatic nitrogens is 3. The van der Waals surface area contributed by atoms with Gasteiger partial charge >= 0.3 is 0 Å². The highest BCUT2D eigenvalue weighted by atomic mass is 35.5. The number of piperazine rings is 1. The lowest BCUT2D eigenvalue weighted by Gasteiger charge is -2.34. The van der Waals surface area contributed by atoms with E-state index in [0.29, 0.717) is 5.75 Å². The van der Waals surface area contributed by atoms with E-state index < -0.39 is 0 Å². The molecule has 6 nitrogen and oxygen atoms in total. The van der Waals surface area contributed by atoms with E-state index in [1.54, 1.807) is 30.8 Å². The predicted octanol–water partition coefficient (Wildman–Crippen LogP) is 3.07. The highest BCUT2D eigenvalue weighted by Gasteiger charge is 2.21. The summed E-state index contributed by atoms with van der Waals surface area (Å²) >= 11 is 7.74. The molecule has 1 aliphatic heterocycles. The molecule has 3 aromatic rings. The molecule has 0 radical (unpaired) electrons. The number of anilines is 2. The van der Waals surface area contributed by atoms with Crippen molar-refractivity contribution < 1.29 is 4.74 Å². The number of benzene rings is 1. The Bertz CT molecular complexity index is 845. The van der Waals surface area contributed by atoms with Gasteiger partial charge in [0.15, 0.2) is 10.9 Å². The molecule has 0 bridgehead atoms. The average molecular weight is 362 g/mol. The first-order valence-electron chi connectivity index (χ1n) is 7.65. The third-order valence-electron chi connectivity index (χ3n) is 4.02. The number of hydrogen-bond donors (Lipinski definition) is 0. The molecule has 1 aliphatic rings. The van der Waals surface area contributed by atoms with Crippen molar-refractivity contribution in [3.05, 3.63) is 35.6 Å². The molecule has 2 aromatic heterocycles. The van der Waals surface area contributed by atoms with Crippen LogP contribution in [0.15, 0.2) is 30.6 Å². The van der Waals surface area contributed by atoms with E-state index in [4.69, 9.17) is 21.3 Å². The predicted molar refractivity (Wildman–Crippen MR) is 97.6 cm³/mol. The summed E-state index contributed by atoms with van der Waals surface area (Å²) in [6.45, 7) is 3.51. The van der Waals surface area contributed by atoms with Gasteiger partial charge in [0, 0.05) is 31.2 Å². The third-order valence-corrected chi connectivity index (χ3v) is 5.34. The van der Waals surface area contributed by atoms with Crippen LogP contribution in [-0.4, -0.2) is 48.2 Å². The molecule has 0 amide bonds. The van der Waals surface area contributed by atoms with E-state index in [0.717, 1.165) is 52.5 Å². The monoisotopic (exact) mass is 361 g/mol. The van der Waals surface area contributed by atoms with Gasteiger partial charge in [-0.15, -0.1) is 0 Å². The van der Waals surface area contributed by atoms with Gasteiger partial charge in [-0.2, -0.15) is 0 Å². The number of rotatable bonds is 3. The van der Waals surface area contributed by atoms with Crippen LogP contribution in [0.3, 0.4) is 0 Å². The van der Waals surface area contributed by atoms with Crippen LogP contribution in [0.1, 0.15) is 0 Å². The van der Waals surface area contributed by atoms with Gasteiger partial charge < -0.3 is 14.5 Å². The van der Waals surface area contributed by atoms with Crippen LogP contribution in [0.2, 0.25) is 5.02 Å². The lowest BCUT2D eigenvalue weighted by Crippen LogP contribution is -2.47. The van der Waals surface area contributed by atoms with E-state index in [9.17, 15) is 0 Å². The summed E-state index contributed by atoms with van der Waals surface area (Å²) in [5.41, 5.74) is 1.00. The van der Waals surface area contributed by atoms with Crippen LogP contribution in [0.5, 0.6) is 5.75 Å². The summed E-state index contributed by atoms with van der Waals surface area (Å²) in [6.07, 6.45) is 3.40. The van der Waals surface area contributed by atoms with Crippen LogP contribution in [0.4, 0.5) is 11.1 Å². The number of thiazole rings is 1. The number of hydrogen-bond acceptors (Lipinski definition) is 7. The van der Waals surface area contributed by atoms with Crippen molar-refractivity contribution in [3.63, 3.8) is 0 Å². The van der Waals surface area contributed by atoms with Gasteiger partial charge in [-0.05, 0) is 18.2 Å². The SMILES string of the molecule is COc1cnc(N2CCN(c3nc4ccc(Cl)cc4s3)CC2)nc1. The molecule has 3 heterocycles. The van der Waals surface area contributed by atoms with Crippen LogP contribution in [0.25, 0.3) is 10.2 Å². The molecular weight excluding hydrogens is 346 g/mol. The van der Waals surface area contributed by atoms with Gasteiger partial charge in [0.05, 0.1) is 29.7 Å². The van der Waals surface area contributed by atoms with E-state index in [2.05, 4.69) is 19.8 Å². The van der Waals surface area contributed by atoms with Crippen molar-refractivity contribution in [1.29, 1.82) is 0 Å². The van der Waals surface area contributed by atoms with Gasteiger partial charge in [-0.1, -0.05) is 22.9 Å². The van der Waals surface area contributed by atoms with Crippen LogP contribution >= 0.6 is 22.9 Å². The molecule has 0 saturated carbocycles. The van der Waals surface area contributed by atoms with Gasteiger partial charge in [-0.3, -0.25) is 0 Å². The van der Waals surface area contributed by atoms with E-state index in [-0.39, 0.29) is 0 Å². The molecule has 1 aromatic carbocycles. The molecule has 4 rings (SSSR count). The molecular formula is C16H16ClN5OS. The molecule has 0 aliphatic carbocycles. The maximum absolute atomic E-state index is 6.06. The van der Waals surface area contributed by atoms with Gasteiger partial charge in [0.2, 0.25) is 5.95 Å². The fraction of sp³-hybridized carbons (Fsp3) is 0.312. The van der Waals surface area contributed by atoms with Gasteiger partial charge in [0.25, 0.3) is 0 Å². The van der Waals surface area contributed by atoms with Gasteiger partial charge in [-0.25, -0.2) is 15.0 Å². The minimum absolute atomic E-state index is 0.672. The van der Waals surface area contributed by atoms with Crippen LogP contribution in [0, 0.1) is 0 Å². The number of methoxy groups -OCH3 is 1. The minimum Gasteiger partial charge on any atom is -0.494 e. The fourth-order valence-corrected chi connectivity index (χ4v) is 3.99. The minimum atomic E-state index is 0.672. The van der Waals surface area contributed by atoms with Crippen molar-refractivity contribution >= 4 is 44.2 Å². The van der Waals surface area contributed by atoms with Gasteiger partial charge in [0.1, 0.15) is 0 Å². The topological polar surface area (TPSA) is 54.4 Å². The van der Waals surface area contributed by atoms with Crippen molar-refractivity contribution in [2.75, 3.05) is 43.1 Å². The van der Waals surface area contributed by atoms with E-state index in [1.165, 1.54) is 0 Å². The molecule has 0 unspecified atom stereocenters. The molecule has 8 heteroatoms. The maximum Gasteiger partial charge on any atom is 0.225 e. The molecule has 1 saturated heterocycles. The second-order valence-corrected chi connectivity index (χ2v) is 6.95. The zero-order valence-electron chi connectivity index (χ0n) is 13.1. The maximum atomic E-state index is 6.06. The number of fused-ring (bicyclic) bond motifs is 1. The number of ether oxygens (including phenoxy) is 1. The largest absolute Gasteiger partial charge is 0.494 e. The highest BCUT2D eigenvalue weighted by molar-refractivity contribution is 7.22. The Morgan fingerprint density at radius 2 is 1.79 bits per heavy atom. The molecule has 0 N–H and O–H groups in total. The quantitative estimate of drug-likeness (QED) is 0.714. The van der Waals surface area contributed by atoms with Crippen molar-refractivity contribution in [2.45, 2.75) is 0 Å². The smallest absolute Gasteiger partial charge is 0.225 e. The first-order valence-corrected chi connectivity index (χ1v) is 8.84. The summed E-state index contributed by atoms with van der Waals surface area (Å²) in [6, 6.07) is 5.82. The molecule has 24 heavy (non-hydrogen) atoms. The first-order chi connectivity index (χ1) is 11.7. The van der Waals surface area contributed by atoms with E-state index in [1.807, 2.05) is 18.2 Å². The van der Waals surface area contributed by atoms with Crippen LogP contribution < -0.4 is 14.5 Å². The normalized spacial score (nSPS) is 15.1. The molecule has 0 atom stereocenters. The Balaban J connectivity index is 1.46. The highest BCUT2D eigenvalue weighted by Crippen LogP contribution is 2.31. The van der Waals surface area contributed by atoms with Crippen LogP contribution in [-0.2, 0) is 0 Å². The zero-order valence-corrected chi connectivity index (χ0v) is 14.7. The number of halogens is 1. The molecule has 1 fully saturated rings. The van der Waals surface area contributed by atoms with Crippen molar-refractivity contribution in [1.82, 2.24) is 15.0 Å². The third kappa shape index (κ3) is 2.97. The number of nitrogens with zero attached hydrogens (tertiary/aromatic N) is 5. The second-order valence-electron chi connectivity index (χ2n) is 5.51. The lowest BCUT2D eigenvalue weighted by atomic mass is 10.3. The Morgan fingerprint density at radius 1 is 1.08 bits per heavy atom. The Labute approximate surface area is 148 Å². The Kier molecular flexibility index (Phi) is 4.12. The van der Waals surface area contributed by atoms with Crippen molar-refractivity contribution in [2.24, 2.45) is 0 Å². The second kappa shape index (κ2) is 6.41. The summed E-state index contributed by atoms with van der Waals surface area (Å²) in [7, 11) is 1.61. The fourth-order valence-electron chi connectivity index (χ4n) is 2.70. The Hall–Kier alpha value is -2.12. The average Bonchev–Trinajstić information content (AvgIpc) is 3.05. The molecule has 124 valence electrons.